The number of H-pyrrole nitrogens is 1. The van der Waals surface area contributed by atoms with E-state index in [0.717, 1.165) is 11.3 Å². The Bertz CT molecular complexity index is 1510. The first-order chi connectivity index (χ1) is 18.6. The molecule has 1 saturated heterocycles. The highest BCUT2D eigenvalue weighted by molar-refractivity contribution is 8.05. The predicted octanol–water partition coefficient (Wildman–Crippen LogP) is 5.02. The molecule has 6 rings (SSSR count). The fraction of sp³-hybridized carbons (Fsp3) is 0.250. The van der Waals surface area contributed by atoms with Gasteiger partial charge in [0.1, 0.15) is 17.6 Å². The molecule has 2 aliphatic heterocycles. The van der Waals surface area contributed by atoms with E-state index >= 15 is 0 Å². The second kappa shape index (κ2) is 10.8. The lowest BCUT2D eigenvalue weighted by atomic mass is 10.1. The molecule has 2 aliphatic rings. The second-order valence-electron chi connectivity index (χ2n) is 9.20. The molecule has 0 spiro atoms. The maximum atomic E-state index is 12.4. The third kappa shape index (κ3) is 5.04. The zero-order valence-electron chi connectivity index (χ0n) is 20.8. The van der Waals surface area contributed by atoms with Crippen LogP contribution in [-0.4, -0.2) is 39.8 Å². The fourth-order valence-electron chi connectivity index (χ4n) is 4.67. The lowest BCUT2D eigenvalue weighted by molar-refractivity contribution is 0.0378. The number of aromatic nitrogens is 3. The Morgan fingerprint density at radius 3 is 2.82 bits per heavy atom. The van der Waals surface area contributed by atoms with E-state index in [0.29, 0.717) is 36.8 Å². The van der Waals surface area contributed by atoms with Crippen molar-refractivity contribution in [1.29, 1.82) is 0 Å². The number of aliphatic hydroxyl groups is 1. The number of morpholine rings is 1. The van der Waals surface area contributed by atoms with Gasteiger partial charge in [-0.25, -0.2) is 9.97 Å². The lowest BCUT2D eigenvalue weighted by Gasteiger charge is -2.35. The number of hydrogen-bond acceptors (Lipinski definition) is 9. The number of rotatable bonds is 6. The van der Waals surface area contributed by atoms with Gasteiger partial charge in [-0.1, -0.05) is 35.7 Å². The molecule has 4 aromatic rings. The Morgan fingerprint density at radius 1 is 1.13 bits per heavy atom. The summed E-state index contributed by atoms with van der Waals surface area (Å²) in [7, 11) is 0. The Hall–Kier alpha value is -3.31. The van der Waals surface area contributed by atoms with Crippen molar-refractivity contribution in [3.63, 3.8) is 0 Å². The monoisotopic (exact) mass is 545 g/mol. The number of pyridine rings is 1. The zero-order valence-corrected chi connectivity index (χ0v) is 22.4. The van der Waals surface area contributed by atoms with E-state index in [9.17, 15) is 9.90 Å². The Kier molecular flexibility index (Phi) is 7.12. The molecule has 194 valence electrons. The van der Waals surface area contributed by atoms with Crippen LogP contribution in [0.15, 0.2) is 91.5 Å². The molecule has 2 unspecified atom stereocenters. The molecule has 0 amide bonds. The molecular weight excluding hydrogens is 518 g/mol. The van der Waals surface area contributed by atoms with Crippen LogP contribution in [-0.2, 0) is 11.3 Å². The van der Waals surface area contributed by atoms with Gasteiger partial charge in [0.15, 0.2) is 0 Å². The van der Waals surface area contributed by atoms with Crippen molar-refractivity contribution in [2.24, 2.45) is 0 Å². The molecule has 2 atom stereocenters. The average molecular weight is 546 g/mol. The summed E-state index contributed by atoms with van der Waals surface area (Å²) in [6.07, 6.45) is 4.85. The van der Waals surface area contributed by atoms with Crippen molar-refractivity contribution in [1.82, 2.24) is 15.0 Å². The molecule has 10 heteroatoms. The normalized spacial score (nSPS) is 17.4. The lowest BCUT2D eigenvalue weighted by Crippen LogP contribution is -2.41. The molecule has 0 saturated carbocycles. The summed E-state index contributed by atoms with van der Waals surface area (Å²) in [5.41, 5.74) is 3.46. The van der Waals surface area contributed by atoms with E-state index in [1.165, 1.54) is 19.6 Å². The largest absolute Gasteiger partial charge is 0.392 e. The third-order valence-electron chi connectivity index (χ3n) is 6.61. The number of fused-ring (bicyclic) bond motifs is 2. The molecule has 38 heavy (non-hydrogen) atoms. The van der Waals surface area contributed by atoms with Gasteiger partial charge in [-0.05, 0) is 48.9 Å². The summed E-state index contributed by atoms with van der Waals surface area (Å²) < 4.78 is 6.22. The summed E-state index contributed by atoms with van der Waals surface area (Å²) in [5, 5.41) is 12.7. The van der Waals surface area contributed by atoms with Crippen LogP contribution in [0, 0.1) is 0 Å². The maximum Gasteiger partial charge on any atom is 0.271 e. The molecule has 0 bridgehead atoms. The summed E-state index contributed by atoms with van der Waals surface area (Å²) in [6.45, 7) is 3.84. The second-order valence-corrected chi connectivity index (χ2v) is 11.3. The van der Waals surface area contributed by atoms with Gasteiger partial charge in [-0.2, -0.15) is 0 Å². The van der Waals surface area contributed by atoms with Crippen LogP contribution in [0.25, 0.3) is 0 Å². The number of nitrogens with zero attached hydrogens (tertiary/aromatic N) is 3. The molecule has 0 radical (unpaired) electrons. The van der Waals surface area contributed by atoms with Gasteiger partial charge in [0.05, 0.1) is 19.3 Å². The van der Waals surface area contributed by atoms with Crippen molar-refractivity contribution in [3.05, 3.63) is 94.4 Å². The van der Waals surface area contributed by atoms with Crippen molar-refractivity contribution in [2.45, 2.75) is 45.3 Å². The molecule has 2 aromatic carbocycles. The number of nitrogens with one attached hydrogen (secondary N) is 2. The summed E-state index contributed by atoms with van der Waals surface area (Å²) in [6, 6.07) is 16.4. The van der Waals surface area contributed by atoms with E-state index in [1.807, 2.05) is 19.1 Å². The number of ether oxygens (including phenoxy) is 1. The molecule has 4 heterocycles. The van der Waals surface area contributed by atoms with Gasteiger partial charge in [-0.3, -0.25) is 4.79 Å². The van der Waals surface area contributed by atoms with Gasteiger partial charge in [0.25, 0.3) is 5.56 Å². The van der Waals surface area contributed by atoms with Crippen LogP contribution in [0.1, 0.15) is 36.0 Å². The van der Waals surface area contributed by atoms with Crippen molar-refractivity contribution >= 4 is 34.9 Å². The fourth-order valence-corrected chi connectivity index (χ4v) is 7.12. The molecule has 8 nitrogen and oxygen atoms in total. The van der Waals surface area contributed by atoms with Crippen molar-refractivity contribution in [2.75, 3.05) is 29.9 Å². The standard InChI is InChI=1S/C28H27N5O3S2/c1-17(27-30-13-18(16-34)14-31-27)32-19-7-8-23-25(12-19)37-24-6-2-4-20(26(24)38-23)22-15-33(10-11-36-22)21-5-3-9-29-28(21)35/h2-9,12-14,17,22,32,34H,10-11,15-16H2,1H3,(H,29,35). The predicted molar refractivity (Wildman–Crippen MR) is 149 cm³/mol. The summed E-state index contributed by atoms with van der Waals surface area (Å²) >= 11 is 3.53. The van der Waals surface area contributed by atoms with E-state index in [1.54, 1.807) is 42.1 Å². The van der Waals surface area contributed by atoms with Gasteiger partial charge in [0.2, 0.25) is 0 Å². The molecular formula is C28H27N5O3S2. The minimum atomic E-state index is -0.119. The third-order valence-corrected chi connectivity index (χ3v) is 9.23. The molecule has 0 aliphatic carbocycles. The summed E-state index contributed by atoms with van der Waals surface area (Å²) in [5.74, 6) is 0.677. The number of benzene rings is 2. The first kappa shape index (κ1) is 25.0. The van der Waals surface area contributed by atoms with Crippen LogP contribution >= 0.6 is 23.5 Å². The number of hydrogen-bond donors (Lipinski definition) is 3. The highest BCUT2D eigenvalue weighted by Crippen LogP contribution is 2.51. The number of aromatic amines is 1. The highest BCUT2D eigenvalue weighted by atomic mass is 32.2. The summed E-state index contributed by atoms with van der Waals surface area (Å²) in [4.78, 5) is 30.8. The Labute approximate surface area is 228 Å². The van der Waals surface area contributed by atoms with E-state index in [-0.39, 0.29) is 24.3 Å². The Morgan fingerprint density at radius 2 is 2.00 bits per heavy atom. The van der Waals surface area contributed by atoms with E-state index in [2.05, 4.69) is 61.6 Å². The van der Waals surface area contributed by atoms with Crippen LogP contribution in [0.2, 0.25) is 0 Å². The topological polar surface area (TPSA) is 103 Å². The van der Waals surface area contributed by atoms with Gasteiger partial charge in [0, 0.05) is 62.5 Å². The van der Waals surface area contributed by atoms with Crippen LogP contribution in [0.5, 0.6) is 0 Å². The molecule has 2 aromatic heterocycles. The maximum absolute atomic E-state index is 12.4. The molecule has 1 fully saturated rings. The minimum absolute atomic E-state index is 0.0665. The quantitative estimate of drug-likeness (QED) is 0.271. The number of aliphatic hydroxyl groups excluding tert-OH is 1. The highest BCUT2D eigenvalue weighted by Gasteiger charge is 2.29. The zero-order chi connectivity index (χ0) is 26.1. The first-order valence-corrected chi connectivity index (χ1v) is 14.1. The van der Waals surface area contributed by atoms with Gasteiger partial charge >= 0.3 is 0 Å². The van der Waals surface area contributed by atoms with Crippen molar-refractivity contribution in [3.8, 4) is 0 Å². The minimum Gasteiger partial charge on any atom is -0.392 e. The first-order valence-electron chi connectivity index (χ1n) is 12.4. The Balaban J connectivity index is 1.20. The van der Waals surface area contributed by atoms with Crippen molar-refractivity contribution < 1.29 is 9.84 Å². The van der Waals surface area contributed by atoms with Crippen LogP contribution in [0.4, 0.5) is 11.4 Å². The smallest absolute Gasteiger partial charge is 0.271 e. The van der Waals surface area contributed by atoms with Crippen LogP contribution in [0.3, 0.4) is 0 Å². The van der Waals surface area contributed by atoms with Crippen LogP contribution < -0.4 is 15.8 Å². The SMILES string of the molecule is CC(Nc1ccc2c(c1)Sc1cccc(C3CN(c4ccc[nH]c4=O)CCO3)c1S2)c1ncc(CO)cn1. The van der Waals surface area contributed by atoms with E-state index in [4.69, 9.17) is 4.74 Å². The average Bonchev–Trinajstić information content (AvgIpc) is 2.96. The van der Waals surface area contributed by atoms with Gasteiger partial charge in [-0.15, -0.1) is 0 Å². The van der Waals surface area contributed by atoms with E-state index < -0.39 is 0 Å². The number of anilines is 2. The molecule has 3 N–H and O–H groups in total. The van der Waals surface area contributed by atoms with Gasteiger partial charge < -0.3 is 25.0 Å².